The Balaban J connectivity index is 1.65. The predicted octanol–water partition coefficient (Wildman–Crippen LogP) is 3.27. The number of rotatable bonds is 8. The molecule has 0 fully saturated rings. The number of carbonyl (C=O) groups excluding carboxylic acids is 1. The molecule has 1 aromatic heterocycles. The molecule has 1 heterocycles. The molecule has 0 saturated carbocycles. The first-order chi connectivity index (χ1) is 13.5. The Morgan fingerprint density at radius 3 is 2.71 bits per heavy atom. The number of ether oxygens (including phenoxy) is 1. The molecule has 2 N–H and O–H groups in total. The van der Waals surface area contributed by atoms with E-state index < -0.39 is 6.61 Å². The van der Waals surface area contributed by atoms with Gasteiger partial charge in [-0.05, 0) is 50.5 Å². The van der Waals surface area contributed by atoms with Crippen molar-refractivity contribution in [2.45, 2.75) is 38.0 Å². The summed E-state index contributed by atoms with van der Waals surface area (Å²) in [5.41, 5.74) is 1.68. The summed E-state index contributed by atoms with van der Waals surface area (Å²) in [5, 5.41) is 8.47. The van der Waals surface area contributed by atoms with E-state index in [9.17, 15) is 13.6 Å². The van der Waals surface area contributed by atoms with Gasteiger partial charge in [-0.25, -0.2) is 4.68 Å². The molecule has 1 aliphatic carbocycles. The van der Waals surface area contributed by atoms with Gasteiger partial charge in [-0.15, -0.1) is 10.2 Å². The van der Waals surface area contributed by atoms with Gasteiger partial charge in [-0.1, -0.05) is 17.8 Å². The van der Waals surface area contributed by atoms with Crippen LogP contribution in [0.15, 0.2) is 41.2 Å². The molecule has 7 nitrogen and oxygen atoms in total. The lowest BCUT2D eigenvalue weighted by atomic mass is 10.2. The molecule has 1 aromatic carbocycles. The third-order valence-electron chi connectivity index (χ3n) is 4.31. The molecule has 28 heavy (non-hydrogen) atoms. The van der Waals surface area contributed by atoms with E-state index in [1.165, 1.54) is 28.6 Å². The number of allylic oxidation sites excluding steroid dienone is 2. The van der Waals surface area contributed by atoms with E-state index in [2.05, 4.69) is 21.0 Å². The van der Waals surface area contributed by atoms with Gasteiger partial charge in [0.15, 0.2) is 5.82 Å². The first-order valence-electron chi connectivity index (χ1n) is 8.87. The Kier molecular flexibility index (Phi) is 6.50. The van der Waals surface area contributed by atoms with Crippen LogP contribution in [0.4, 0.5) is 8.78 Å². The number of thioether (sulfide) groups is 1. The van der Waals surface area contributed by atoms with E-state index in [0.717, 1.165) is 25.0 Å². The van der Waals surface area contributed by atoms with Crippen molar-refractivity contribution < 1.29 is 18.3 Å². The number of halogens is 2. The molecule has 0 bridgehead atoms. The van der Waals surface area contributed by atoms with Gasteiger partial charge < -0.3 is 15.5 Å². The molecular weight excluding hydrogens is 388 g/mol. The SMILES string of the molecule is CCN(C(=O)CSc1nnc(-c2ccc(OC(F)F)cc2)n1N)C1=CCCC1. The number of aromatic nitrogens is 3. The zero-order valence-electron chi connectivity index (χ0n) is 15.3. The maximum atomic E-state index is 12.5. The Hall–Kier alpha value is -2.62. The largest absolute Gasteiger partial charge is 0.435 e. The topological polar surface area (TPSA) is 86.3 Å². The van der Waals surface area contributed by atoms with E-state index in [1.54, 1.807) is 17.0 Å². The molecule has 0 radical (unpaired) electrons. The van der Waals surface area contributed by atoms with Gasteiger partial charge in [0.05, 0.1) is 5.75 Å². The van der Waals surface area contributed by atoms with Crippen LogP contribution in [0.25, 0.3) is 11.4 Å². The number of hydrogen-bond donors (Lipinski definition) is 1. The summed E-state index contributed by atoms with van der Waals surface area (Å²) in [7, 11) is 0. The summed E-state index contributed by atoms with van der Waals surface area (Å²) in [6, 6.07) is 5.94. The molecule has 1 amide bonds. The lowest BCUT2D eigenvalue weighted by Gasteiger charge is -2.21. The number of amides is 1. The third kappa shape index (κ3) is 4.61. The highest BCUT2D eigenvalue weighted by Crippen LogP contribution is 2.26. The minimum absolute atomic E-state index is 0.00120. The lowest BCUT2D eigenvalue weighted by Crippen LogP contribution is -2.31. The number of nitrogen functional groups attached to an aromatic ring is 1. The van der Waals surface area contributed by atoms with E-state index in [4.69, 9.17) is 5.84 Å². The van der Waals surface area contributed by atoms with Crippen molar-refractivity contribution in [2.75, 3.05) is 18.1 Å². The van der Waals surface area contributed by atoms with Gasteiger partial charge in [-0.2, -0.15) is 8.78 Å². The van der Waals surface area contributed by atoms with E-state index >= 15 is 0 Å². The van der Waals surface area contributed by atoms with Crippen LogP contribution in [0.2, 0.25) is 0 Å². The van der Waals surface area contributed by atoms with Crippen LogP contribution in [0, 0.1) is 0 Å². The summed E-state index contributed by atoms with van der Waals surface area (Å²) >= 11 is 1.21. The Bertz CT molecular complexity index is 854. The second-order valence-electron chi connectivity index (χ2n) is 6.09. The van der Waals surface area contributed by atoms with Crippen LogP contribution in [0.1, 0.15) is 26.2 Å². The average molecular weight is 409 g/mol. The maximum Gasteiger partial charge on any atom is 0.387 e. The lowest BCUT2D eigenvalue weighted by molar-refractivity contribution is -0.126. The number of hydrogen-bond acceptors (Lipinski definition) is 6. The van der Waals surface area contributed by atoms with Crippen molar-refractivity contribution in [3.8, 4) is 17.1 Å². The average Bonchev–Trinajstić information content (AvgIpc) is 3.31. The van der Waals surface area contributed by atoms with E-state index in [-0.39, 0.29) is 17.4 Å². The minimum atomic E-state index is -2.88. The Morgan fingerprint density at radius 1 is 1.36 bits per heavy atom. The second-order valence-corrected chi connectivity index (χ2v) is 7.04. The molecule has 0 atom stereocenters. The van der Waals surface area contributed by atoms with Crippen LogP contribution in [0.3, 0.4) is 0 Å². The highest BCUT2D eigenvalue weighted by atomic mass is 32.2. The van der Waals surface area contributed by atoms with Gasteiger partial charge in [0.1, 0.15) is 5.75 Å². The number of nitrogens with two attached hydrogens (primary N) is 1. The molecule has 0 spiro atoms. The quantitative estimate of drug-likeness (QED) is 0.532. The summed E-state index contributed by atoms with van der Waals surface area (Å²) < 4.78 is 30.1. The van der Waals surface area contributed by atoms with E-state index in [0.29, 0.717) is 23.1 Å². The zero-order chi connectivity index (χ0) is 20.1. The first kappa shape index (κ1) is 20.1. The van der Waals surface area contributed by atoms with Gasteiger partial charge in [0, 0.05) is 17.8 Å². The third-order valence-corrected chi connectivity index (χ3v) is 5.24. The highest BCUT2D eigenvalue weighted by Gasteiger charge is 2.20. The number of nitrogens with zero attached hydrogens (tertiary/aromatic N) is 4. The molecule has 150 valence electrons. The molecule has 1 aliphatic rings. The highest BCUT2D eigenvalue weighted by molar-refractivity contribution is 7.99. The summed E-state index contributed by atoms with van der Waals surface area (Å²) in [6.07, 6.45) is 5.12. The molecule has 2 aromatic rings. The van der Waals surface area contributed by atoms with Crippen molar-refractivity contribution in [1.82, 2.24) is 19.8 Å². The minimum Gasteiger partial charge on any atom is -0.435 e. The van der Waals surface area contributed by atoms with Gasteiger partial charge in [0.25, 0.3) is 0 Å². The second kappa shape index (κ2) is 9.05. The molecular formula is C18H21F2N5O2S. The molecule has 0 unspecified atom stereocenters. The van der Waals surface area contributed by atoms with Crippen molar-refractivity contribution in [3.63, 3.8) is 0 Å². The standard InChI is InChI=1S/C18H21F2N5O2S/c1-2-24(13-5-3-4-6-13)15(26)11-28-18-23-22-16(25(18)21)12-7-9-14(10-8-12)27-17(19)20/h5,7-10,17H,2-4,6,11,21H2,1H3. The van der Waals surface area contributed by atoms with Gasteiger partial charge in [0.2, 0.25) is 11.1 Å². The van der Waals surface area contributed by atoms with Crippen molar-refractivity contribution >= 4 is 17.7 Å². The summed E-state index contributed by atoms with van der Waals surface area (Å²) in [4.78, 5) is 14.3. The molecule has 0 saturated heterocycles. The number of alkyl halides is 2. The van der Waals surface area contributed by atoms with Crippen LogP contribution >= 0.6 is 11.8 Å². The summed E-state index contributed by atoms with van der Waals surface area (Å²) in [6.45, 7) is -0.307. The fourth-order valence-corrected chi connectivity index (χ4v) is 3.73. The summed E-state index contributed by atoms with van der Waals surface area (Å²) in [5.74, 6) is 6.66. The molecule has 10 heteroatoms. The van der Waals surface area contributed by atoms with Crippen molar-refractivity contribution in [3.05, 3.63) is 36.0 Å². The number of carbonyl (C=O) groups is 1. The normalized spacial score (nSPS) is 13.6. The fourth-order valence-electron chi connectivity index (χ4n) is 3.00. The predicted molar refractivity (Wildman–Crippen MR) is 102 cm³/mol. The molecule has 0 aliphatic heterocycles. The number of benzene rings is 1. The monoisotopic (exact) mass is 409 g/mol. The van der Waals surface area contributed by atoms with Gasteiger partial charge >= 0.3 is 6.61 Å². The smallest absolute Gasteiger partial charge is 0.387 e. The van der Waals surface area contributed by atoms with Gasteiger partial charge in [-0.3, -0.25) is 4.79 Å². The van der Waals surface area contributed by atoms with Crippen LogP contribution in [-0.2, 0) is 4.79 Å². The molecule has 3 rings (SSSR count). The van der Waals surface area contributed by atoms with E-state index in [1.807, 2.05) is 6.92 Å². The maximum absolute atomic E-state index is 12.5. The zero-order valence-corrected chi connectivity index (χ0v) is 16.2. The van der Waals surface area contributed by atoms with Crippen LogP contribution in [0.5, 0.6) is 5.75 Å². The van der Waals surface area contributed by atoms with Crippen molar-refractivity contribution in [2.24, 2.45) is 0 Å². The van der Waals surface area contributed by atoms with Crippen LogP contribution < -0.4 is 10.6 Å². The van der Waals surface area contributed by atoms with Crippen LogP contribution in [-0.4, -0.2) is 44.6 Å². The van der Waals surface area contributed by atoms with Crippen molar-refractivity contribution in [1.29, 1.82) is 0 Å². The fraction of sp³-hybridized carbons (Fsp3) is 0.389. The Labute approximate surface area is 165 Å². The first-order valence-corrected chi connectivity index (χ1v) is 9.86. The Morgan fingerprint density at radius 2 is 2.11 bits per heavy atom.